The predicted molar refractivity (Wildman–Crippen MR) is 156 cm³/mol. The van der Waals surface area contributed by atoms with Crippen molar-refractivity contribution in [1.29, 1.82) is 0 Å². The van der Waals surface area contributed by atoms with Crippen LogP contribution in [-0.2, 0) is 23.4 Å². The summed E-state index contributed by atoms with van der Waals surface area (Å²) in [4.78, 5) is 40.9. The highest BCUT2D eigenvalue weighted by atomic mass is 19.1. The highest BCUT2D eigenvalue weighted by Gasteiger charge is 2.27. The Labute approximate surface area is 238 Å². The first-order valence-electron chi connectivity index (χ1n) is 13.7. The molecule has 0 bridgehead atoms. The van der Waals surface area contributed by atoms with Crippen LogP contribution >= 0.6 is 0 Å². The largest absolute Gasteiger partial charge is 0.444 e. The van der Waals surface area contributed by atoms with Gasteiger partial charge >= 0.3 is 6.09 Å². The second-order valence-electron chi connectivity index (χ2n) is 12.1. The predicted octanol–water partition coefficient (Wildman–Crippen LogP) is 5.80. The molecule has 1 amide bonds. The van der Waals surface area contributed by atoms with Gasteiger partial charge in [0.15, 0.2) is 5.65 Å². The maximum Gasteiger partial charge on any atom is 0.410 e. The molecule has 11 heteroatoms. The first kappa shape index (κ1) is 28.3. The summed E-state index contributed by atoms with van der Waals surface area (Å²) < 4.78 is 23.6. The van der Waals surface area contributed by atoms with Crippen molar-refractivity contribution in [3.63, 3.8) is 0 Å². The van der Waals surface area contributed by atoms with Gasteiger partial charge in [-0.15, -0.1) is 0 Å². The number of nitrogens with one attached hydrogen (secondary N) is 1. The van der Waals surface area contributed by atoms with Crippen molar-refractivity contribution >= 4 is 28.8 Å². The summed E-state index contributed by atoms with van der Waals surface area (Å²) >= 11 is 0. The van der Waals surface area contributed by atoms with Gasteiger partial charge in [0.1, 0.15) is 16.7 Å². The molecule has 4 aromatic rings. The SMILES string of the molecule is CC(C)n1c(=O)c2cnc(Nc3ccc4c(c3)CCN(C(=O)OC(C)(C)C)C4)nc2n1-c1ccnc(C(C)(C)F)c1. The van der Waals surface area contributed by atoms with E-state index in [1.54, 1.807) is 26.4 Å². The van der Waals surface area contributed by atoms with E-state index in [1.165, 1.54) is 26.2 Å². The summed E-state index contributed by atoms with van der Waals surface area (Å²) in [6.45, 7) is 13.3. The van der Waals surface area contributed by atoms with Crippen molar-refractivity contribution in [1.82, 2.24) is 29.2 Å². The molecule has 0 spiro atoms. The fourth-order valence-corrected chi connectivity index (χ4v) is 4.89. The van der Waals surface area contributed by atoms with Crippen molar-refractivity contribution in [2.24, 2.45) is 0 Å². The molecule has 4 heterocycles. The van der Waals surface area contributed by atoms with E-state index in [-0.39, 0.29) is 23.4 Å². The molecule has 41 heavy (non-hydrogen) atoms. The van der Waals surface area contributed by atoms with E-state index in [0.717, 1.165) is 16.8 Å². The van der Waals surface area contributed by atoms with E-state index in [0.29, 0.717) is 42.2 Å². The van der Waals surface area contributed by atoms with Gasteiger partial charge in [-0.1, -0.05) is 6.07 Å². The molecule has 0 saturated heterocycles. The molecule has 10 nitrogen and oxygen atoms in total. The molecule has 0 radical (unpaired) electrons. The van der Waals surface area contributed by atoms with E-state index in [9.17, 15) is 14.0 Å². The minimum Gasteiger partial charge on any atom is -0.444 e. The highest BCUT2D eigenvalue weighted by molar-refractivity contribution is 5.77. The van der Waals surface area contributed by atoms with E-state index < -0.39 is 11.3 Å². The van der Waals surface area contributed by atoms with Crippen LogP contribution in [0, 0.1) is 0 Å². The standard InChI is InChI=1S/C30H36FN7O3/c1-18(2)37-26(39)23-16-33-27(35-25(23)38(37)22-10-12-32-24(15-22)30(6,7)31)34-21-9-8-20-17-36(13-11-19(20)14-21)28(40)41-29(3,4)5/h8-10,12,14-16,18H,11,13,17H2,1-7H3,(H,33,34,35). The summed E-state index contributed by atoms with van der Waals surface area (Å²) in [5, 5.41) is 3.62. The molecule has 0 fully saturated rings. The summed E-state index contributed by atoms with van der Waals surface area (Å²) in [6, 6.07) is 9.10. The van der Waals surface area contributed by atoms with Crippen LogP contribution in [0.1, 0.15) is 71.3 Å². The number of carbonyl (C=O) groups excluding carboxylic acids is 1. The normalized spacial score (nSPS) is 13.9. The van der Waals surface area contributed by atoms with Crippen LogP contribution < -0.4 is 10.9 Å². The Morgan fingerprint density at radius 2 is 1.83 bits per heavy atom. The molecule has 5 rings (SSSR count). The van der Waals surface area contributed by atoms with Gasteiger partial charge in [0, 0.05) is 37.2 Å². The third-order valence-corrected chi connectivity index (χ3v) is 6.84. The van der Waals surface area contributed by atoms with Gasteiger partial charge in [-0.2, -0.15) is 4.98 Å². The number of rotatable bonds is 5. The van der Waals surface area contributed by atoms with Crippen LogP contribution in [0.3, 0.4) is 0 Å². The second kappa shape index (κ2) is 10.3. The van der Waals surface area contributed by atoms with E-state index in [1.807, 2.05) is 52.8 Å². The number of ether oxygens (including phenoxy) is 1. The van der Waals surface area contributed by atoms with Crippen molar-refractivity contribution in [3.8, 4) is 5.69 Å². The van der Waals surface area contributed by atoms with E-state index in [4.69, 9.17) is 9.72 Å². The number of benzene rings is 1. The zero-order valence-corrected chi connectivity index (χ0v) is 24.5. The number of aromatic nitrogens is 5. The summed E-state index contributed by atoms with van der Waals surface area (Å²) in [5.41, 5.74) is 1.77. The highest BCUT2D eigenvalue weighted by Crippen LogP contribution is 2.28. The molecule has 1 aromatic carbocycles. The van der Waals surface area contributed by atoms with Crippen LogP contribution in [0.15, 0.2) is 47.5 Å². The lowest BCUT2D eigenvalue weighted by Crippen LogP contribution is -2.39. The maximum atomic E-state index is 14.7. The molecular weight excluding hydrogens is 525 g/mol. The smallest absolute Gasteiger partial charge is 0.410 e. The Morgan fingerprint density at radius 3 is 2.51 bits per heavy atom. The summed E-state index contributed by atoms with van der Waals surface area (Å²) in [7, 11) is 0. The fourth-order valence-electron chi connectivity index (χ4n) is 4.89. The average molecular weight is 562 g/mol. The maximum absolute atomic E-state index is 14.7. The second-order valence-corrected chi connectivity index (χ2v) is 12.1. The van der Waals surface area contributed by atoms with Crippen molar-refractivity contribution < 1.29 is 13.9 Å². The first-order chi connectivity index (χ1) is 19.2. The minimum atomic E-state index is -1.65. The number of alkyl halides is 1. The zero-order chi connectivity index (χ0) is 29.7. The van der Waals surface area contributed by atoms with Gasteiger partial charge in [0.2, 0.25) is 5.95 Å². The Morgan fingerprint density at radius 1 is 1.07 bits per heavy atom. The number of anilines is 2. The Balaban J connectivity index is 1.47. The van der Waals surface area contributed by atoms with Gasteiger partial charge in [-0.05, 0) is 90.3 Å². The van der Waals surface area contributed by atoms with Crippen LogP contribution in [-0.4, -0.2) is 47.5 Å². The van der Waals surface area contributed by atoms with Crippen LogP contribution in [0.5, 0.6) is 0 Å². The quantitative estimate of drug-likeness (QED) is 0.328. The number of carbonyl (C=O) groups is 1. The third-order valence-electron chi connectivity index (χ3n) is 6.84. The molecule has 0 unspecified atom stereocenters. The number of fused-ring (bicyclic) bond motifs is 2. The minimum absolute atomic E-state index is 0.191. The molecular formula is C30H36FN7O3. The molecule has 1 aliphatic heterocycles. The summed E-state index contributed by atoms with van der Waals surface area (Å²) in [5.74, 6) is 0.318. The molecule has 0 saturated carbocycles. The van der Waals surface area contributed by atoms with Gasteiger partial charge < -0.3 is 15.0 Å². The Kier molecular flexibility index (Phi) is 7.08. The lowest BCUT2D eigenvalue weighted by atomic mass is 9.99. The molecule has 3 aromatic heterocycles. The van der Waals surface area contributed by atoms with Crippen molar-refractivity contribution in [3.05, 3.63) is 69.9 Å². The van der Waals surface area contributed by atoms with Crippen molar-refractivity contribution in [2.45, 2.75) is 78.7 Å². The average Bonchev–Trinajstić information content (AvgIpc) is 3.18. The Hall–Kier alpha value is -4.28. The van der Waals surface area contributed by atoms with Gasteiger partial charge in [-0.3, -0.25) is 9.78 Å². The number of pyridine rings is 1. The monoisotopic (exact) mass is 561 g/mol. The summed E-state index contributed by atoms with van der Waals surface area (Å²) in [6.07, 6.45) is 3.42. The zero-order valence-electron chi connectivity index (χ0n) is 24.5. The molecule has 1 aliphatic rings. The number of hydrogen-bond acceptors (Lipinski definition) is 7. The van der Waals surface area contributed by atoms with Gasteiger partial charge in [0.05, 0.1) is 11.4 Å². The molecule has 0 atom stereocenters. The Bertz CT molecular complexity index is 1680. The van der Waals surface area contributed by atoms with E-state index >= 15 is 0 Å². The third kappa shape index (κ3) is 5.79. The number of halogens is 1. The van der Waals surface area contributed by atoms with Gasteiger partial charge in [-0.25, -0.2) is 23.5 Å². The fraction of sp³-hybridized carbons (Fsp3) is 0.433. The first-order valence-corrected chi connectivity index (χ1v) is 13.7. The van der Waals surface area contributed by atoms with E-state index in [2.05, 4.69) is 15.3 Å². The molecule has 0 aliphatic carbocycles. The van der Waals surface area contributed by atoms with Crippen molar-refractivity contribution in [2.75, 3.05) is 11.9 Å². The number of amides is 1. The molecule has 216 valence electrons. The number of nitrogens with zero attached hydrogens (tertiary/aromatic N) is 6. The lowest BCUT2D eigenvalue weighted by Gasteiger charge is -2.31. The van der Waals surface area contributed by atoms with Gasteiger partial charge in [0.25, 0.3) is 5.56 Å². The number of hydrogen-bond donors (Lipinski definition) is 1. The van der Waals surface area contributed by atoms with Crippen LogP contribution in [0.2, 0.25) is 0 Å². The lowest BCUT2D eigenvalue weighted by molar-refractivity contribution is 0.0224. The molecule has 1 N–H and O–H groups in total. The van der Waals surface area contributed by atoms with Crippen LogP contribution in [0.4, 0.5) is 20.8 Å². The topological polar surface area (TPSA) is 107 Å². The van der Waals surface area contributed by atoms with Crippen LogP contribution in [0.25, 0.3) is 16.7 Å².